The van der Waals surface area contributed by atoms with Crippen LogP contribution < -0.4 is 15.8 Å². The Morgan fingerprint density at radius 2 is 2.24 bits per heavy atom. The molecule has 1 heterocycles. The van der Waals surface area contributed by atoms with Crippen LogP contribution in [0.25, 0.3) is 0 Å². The molecule has 0 aliphatic carbocycles. The molecule has 0 fully saturated rings. The number of aliphatic hydroxyl groups excluding tert-OH is 2. The molecule has 0 spiro atoms. The summed E-state index contributed by atoms with van der Waals surface area (Å²) in [6, 6.07) is 4.81. The van der Waals surface area contributed by atoms with Crippen LogP contribution in [0.1, 0.15) is 11.7 Å². The van der Waals surface area contributed by atoms with Gasteiger partial charge in [-0.3, -0.25) is 4.79 Å². The van der Waals surface area contributed by atoms with E-state index in [9.17, 15) is 15.0 Å². The second-order valence-corrected chi connectivity index (χ2v) is 3.84. The topological polar surface area (TPSA) is 105 Å². The minimum atomic E-state index is -1.06. The molecule has 1 amide bonds. The maximum atomic E-state index is 11.1. The van der Waals surface area contributed by atoms with Crippen LogP contribution in [-0.4, -0.2) is 35.4 Å². The van der Waals surface area contributed by atoms with Crippen molar-refractivity contribution < 1.29 is 19.7 Å². The zero-order chi connectivity index (χ0) is 12.4. The largest absolute Gasteiger partial charge is 0.482 e. The number of nitrogens with two attached hydrogens (primary N) is 1. The molecule has 2 rings (SSSR count). The minimum Gasteiger partial charge on any atom is -0.482 e. The summed E-state index contributed by atoms with van der Waals surface area (Å²) in [7, 11) is 0. The Morgan fingerprint density at radius 1 is 1.47 bits per heavy atom. The number of rotatable bonds is 3. The van der Waals surface area contributed by atoms with Crippen LogP contribution >= 0.6 is 0 Å². The SMILES string of the molecule is NCC(O)C(O)c1ccc2c(c1)OCC(=O)N2. The van der Waals surface area contributed by atoms with Gasteiger partial charge in [0.05, 0.1) is 11.8 Å². The summed E-state index contributed by atoms with van der Waals surface area (Å²) in [6.07, 6.45) is -2.09. The first-order valence-corrected chi connectivity index (χ1v) is 5.24. The lowest BCUT2D eigenvalue weighted by molar-refractivity contribution is -0.118. The van der Waals surface area contributed by atoms with Crippen molar-refractivity contribution in [2.75, 3.05) is 18.5 Å². The van der Waals surface area contributed by atoms with Crippen molar-refractivity contribution in [3.63, 3.8) is 0 Å². The highest BCUT2D eigenvalue weighted by Gasteiger charge is 2.21. The molecule has 1 aliphatic rings. The lowest BCUT2D eigenvalue weighted by Gasteiger charge is -2.21. The molecule has 1 aromatic rings. The van der Waals surface area contributed by atoms with Crippen molar-refractivity contribution in [3.05, 3.63) is 23.8 Å². The second-order valence-electron chi connectivity index (χ2n) is 3.84. The number of carbonyl (C=O) groups is 1. The summed E-state index contributed by atoms with van der Waals surface area (Å²) in [4.78, 5) is 11.1. The Hall–Kier alpha value is -1.63. The molecule has 0 saturated heterocycles. The molecule has 2 unspecified atom stereocenters. The van der Waals surface area contributed by atoms with Gasteiger partial charge >= 0.3 is 0 Å². The summed E-state index contributed by atoms with van der Waals surface area (Å²) >= 11 is 0. The predicted octanol–water partition coefficient (Wildman–Crippen LogP) is -0.630. The Labute approximate surface area is 98.0 Å². The Morgan fingerprint density at radius 3 is 2.94 bits per heavy atom. The predicted molar refractivity (Wildman–Crippen MR) is 60.6 cm³/mol. The third-order valence-corrected chi connectivity index (χ3v) is 2.59. The molecule has 0 bridgehead atoms. The molecule has 0 aromatic heterocycles. The number of fused-ring (bicyclic) bond motifs is 1. The van der Waals surface area contributed by atoms with Gasteiger partial charge in [0, 0.05) is 6.54 Å². The highest BCUT2D eigenvalue weighted by molar-refractivity contribution is 5.95. The lowest BCUT2D eigenvalue weighted by Crippen LogP contribution is -2.28. The van der Waals surface area contributed by atoms with Crippen LogP contribution in [0.3, 0.4) is 0 Å². The summed E-state index contributed by atoms with van der Waals surface area (Å²) in [6.45, 7) is -0.0815. The van der Waals surface area contributed by atoms with Gasteiger partial charge in [0.2, 0.25) is 0 Å². The van der Waals surface area contributed by atoms with Crippen LogP contribution in [0.2, 0.25) is 0 Å². The minimum absolute atomic E-state index is 0.0319. The number of carbonyl (C=O) groups excluding carboxylic acids is 1. The van der Waals surface area contributed by atoms with E-state index in [0.29, 0.717) is 17.0 Å². The summed E-state index contributed by atoms with van der Waals surface area (Å²) in [5, 5.41) is 21.8. The number of hydrogen-bond donors (Lipinski definition) is 4. The van der Waals surface area contributed by atoms with Gasteiger partial charge in [0.1, 0.15) is 11.9 Å². The van der Waals surface area contributed by atoms with Crippen LogP contribution in [0, 0.1) is 0 Å². The standard InChI is InChI=1S/C11H14N2O4/c12-4-8(14)11(16)6-1-2-7-9(3-6)17-5-10(15)13-7/h1-3,8,11,14,16H,4-5,12H2,(H,13,15). The van der Waals surface area contributed by atoms with Crippen molar-refractivity contribution in [3.8, 4) is 5.75 Å². The van der Waals surface area contributed by atoms with Crippen molar-refractivity contribution in [2.45, 2.75) is 12.2 Å². The first kappa shape index (κ1) is 11.8. The molecule has 0 saturated carbocycles. The molecule has 1 aromatic carbocycles. The number of hydrogen-bond acceptors (Lipinski definition) is 5. The fraction of sp³-hybridized carbons (Fsp3) is 0.364. The van der Waals surface area contributed by atoms with E-state index < -0.39 is 12.2 Å². The van der Waals surface area contributed by atoms with E-state index in [-0.39, 0.29) is 19.1 Å². The van der Waals surface area contributed by atoms with Gasteiger partial charge in [-0.05, 0) is 17.7 Å². The van der Waals surface area contributed by atoms with Gasteiger partial charge in [-0.15, -0.1) is 0 Å². The zero-order valence-electron chi connectivity index (χ0n) is 9.09. The zero-order valence-corrected chi connectivity index (χ0v) is 9.09. The van der Waals surface area contributed by atoms with E-state index in [1.807, 2.05) is 0 Å². The Kier molecular flexibility index (Phi) is 3.28. The van der Waals surface area contributed by atoms with E-state index in [4.69, 9.17) is 10.5 Å². The van der Waals surface area contributed by atoms with Gasteiger partial charge in [0.25, 0.3) is 5.91 Å². The fourth-order valence-electron chi connectivity index (χ4n) is 1.63. The summed E-state index contributed by atoms with van der Waals surface area (Å²) < 4.78 is 5.20. The van der Waals surface area contributed by atoms with Crippen molar-refractivity contribution in [1.29, 1.82) is 0 Å². The third kappa shape index (κ3) is 2.38. The smallest absolute Gasteiger partial charge is 0.262 e. The van der Waals surface area contributed by atoms with E-state index in [0.717, 1.165) is 0 Å². The van der Waals surface area contributed by atoms with Crippen LogP contribution in [-0.2, 0) is 4.79 Å². The Balaban J connectivity index is 2.24. The molecule has 17 heavy (non-hydrogen) atoms. The quantitative estimate of drug-likeness (QED) is 0.561. The average Bonchev–Trinajstić information content (AvgIpc) is 2.36. The molecule has 0 radical (unpaired) electrons. The molecule has 6 heteroatoms. The van der Waals surface area contributed by atoms with Crippen LogP contribution in [0.4, 0.5) is 5.69 Å². The molecule has 1 aliphatic heterocycles. The monoisotopic (exact) mass is 238 g/mol. The highest BCUT2D eigenvalue weighted by Crippen LogP contribution is 2.31. The number of nitrogens with one attached hydrogen (secondary N) is 1. The Bertz CT molecular complexity index is 435. The number of benzene rings is 1. The lowest BCUT2D eigenvalue weighted by atomic mass is 10.0. The molecular weight excluding hydrogens is 224 g/mol. The maximum Gasteiger partial charge on any atom is 0.262 e. The number of aliphatic hydroxyl groups is 2. The van der Waals surface area contributed by atoms with E-state index in [2.05, 4.69) is 5.32 Å². The third-order valence-electron chi connectivity index (χ3n) is 2.59. The summed E-state index contributed by atoms with van der Waals surface area (Å²) in [5.74, 6) is 0.262. The van der Waals surface area contributed by atoms with Gasteiger partial charge in [-0.2, -0.15) is 0 Å². The first-order chi connectivity index (χ1) is 8.11. The second kappa shape index (κ2) is 4.70. The molecule has 5 N–H and O–H groups in total. The summed E-state index contributed by atoms with van der Waals surface area (Å²) in [5.41, 5.74) is 6.32. The first-order valence-electron chi connectivity index (χ1n) is 5.24. The van der Waals surface area contributed by atoms with Gasteiger partial charge in [-0.25, -0.2) is 0 Å². The van der Waals surface area contributed by atoms with Crippen molar-refractivity contribution in [1.82, 2.24) is 0 Å². The van der Waals surface area contributed by atoms with Crippen molar-refractivity contribution in [2.24, 2.45) is 5.73 Å². The van der Waals surface area contributed by atoms with Crippen molar-refractivity contribution >= 4 is 11.6 Å². The van der Waals surface area contributed by atoms with E-state index in [1.165, 1.54) is 0 Å². The number of ether oxygens (including phenoxy) is 1. The normalized spacial score (nSPS) is 17.7. The van der Waals surface area contributed by atoms with Gasteiger partial charge < -0.3 is 26.0 Å². The van der Waals surface area contributed by atoms with Gasteiger partial charge in [0.15, 0.2) is 6.61 Å². The number of amides is 1. The van der Waals surface area contributed by atoms with Crippen LogP contribution in [0.5, 0.6) is 5.75 Å². The molecular formula is C11H14N2O4. The van der Waals surface area contributed by atoms with Gasteiger partial charge in [-0.1, -0.05) is 6.07 Å². The molecule has 6 nitrogen and oxygen atoms in total. The average molecular weight is 238 g/mol. The van der Waals surface area contributed by atoms with E-state index in [1.54, 1.807) is 18.2 Å². The highest BCUT2D eigenvalue weighted by atomic mass is 16.5. The molecule has 92 valence electrons. The van der Waals surface area contributed by atoms with Crippen LogP contribution in [0.15, 0.2) is 18.2 Å². The fourth-order valence-corrected chi connectivity index (χ4v) is 1.63. The number of anilines is 1. The van der Waals surface area contributed by atoms with E-state index >= 15 is 0 Å². The maximum absolute atomic E-state index is 11.1. The molecule has 2 atom stereocenters.